The molecule has 1 aromatic heterocycles. The van der Waals surface area contributed by atoms with Crippen LogP contribution in [-0.4, -0.2) is 27.8 Å². The van der Waals surface area contributed by atoms with Crippen molar-refractivity contribution in [2.45, 2.75) is 18.9 Å². The monoisotopic (exact) mass is 240 g/mol. The van der Waals surface area contributed by atoms with Crippen molar-refractivity contribution in [1.29, 1.82) is 0 Å². The number of anilines is 1. The van der Waals surface area contributed by atoms with Crippen LogP contribution in [0.5, 0.6) is 0 Å². The number of nitrogens with zero attached hydrogens (tertiary/aromatic N) is 2. The molecule has 1 aliphatic rings. The molecule has 16 heavy (non-hydrogen) atoms. The molecule has 0 bridgehead atoms. The number of piperidine rings is 1. The van der Waals surface area contributed by atoms with Crippen LogP contribution in [0.1, 0.15) is 12.8 Å². The molecule has 7 heteroatoms. The summed E-state index contributed by atoms with van der Waals surface area (Å²) in [6.07, 6.45) is 3.51. The smallest absolute Gasteiger partial charge is 0.249 e. The van der Waals surface area contributed by atoms with Gasteiger partial charge in [-0.3, -0.25) is 14.9 Å². The molecule has 1 fully saturated rings. The lowest BCUT2D eigenvalue weighted by Gasteiger charge is -2.22. The second-order valence-electron chi connectivity index (χ2n) is 3.37. The van der Waals surface area contributed by atoms with Gasteiger partial charge in [-0.1, -0.05) is 11.6 Å². The van der Waals surface area contributed by atoms with E-state index >= 15 is 0 Å². The van der Waals surface area contributed by atoms with Crippen LogP contribution in [0.15, 0.2) is 12.5 Å². The largest absolute Gasteiger partial charge is 0.357 e. The van der Waals surface area contributed by atoms with Crippen molar-refractivity contribution in [3.63, 3.8) is 0 Å². The number of halogens is 1. The molecule has 1 saturated heterocycles. The Labute approximate surface area is 96.4 Å². The zero-order chi connectivity index (χ0) is 11.5. The number of imide groups is 1. The highest BCUT2D eigenvalue weighted by Crippen LogP contribution is 2.19. The van der Waals surface area contributed by atoms with E-state index < -0.39 is 6.04 Å². The lowest BCUT2D eigenvalue weighted by Crippen LogP contribution is -2.47. The van der Waals surface area contributed by atoms with Gasteiger partial charge in [0, 0.05) is 6.42 Å². The third kappa shape index (κ3) is 2.27. The molecule has 2 rings (SSSR count). The Hall–Kier alpha value is -1.69. The van der Waals surface area contributed by atoms with Gasteiger partial charge in [0.1, 0.15) is 23.2 Å². The van der Waals surface area contributed by atoms with Crippen LogP contribution in [0.4, 0.5) is 5.82 Å². The van der Waals surface area contributed by atoms with Crippen LogP contribution in [0.25, 0.3) is 0 Å². The number of amides is 2. The molecule has 1 aliphatic heterocycles. The number of nitrogens with one attached hydrogen (secondary N) is 2. The van der Waals surface area contributed by atoms with E-state index in [0.29, 0.717) is 23.7 Å². The Morgan fingerprint density at radius 1 is 1.50 bits per heavy atom. The molecular formula is C9H9ClN4O2. The number of hydrogen-bond donors (Lipinski definition) is 2. The summed E-state index contributed by atoms with van der Waals surface area (Å²) < 4.78 is 0. The van der Waals surface area contributed by atoms with Crippen molar-refractivity contribution in [3.8, 4) is 0 Å². The number of carbonyl (C=O) groups excluding carboxylic acids is 2. The summed E-state index contributed by atoms with van der Waals surface area (Å²) in [6.45, 7) is 0. The van der Waals surface area contributed by atoms with Crippen LogP contribution in [-0.2, 0) is 9.59 Å². The van der Waals surface area contributed by atoms with Gasteiger partial charge in [-0.2, -0.15) is 0 Å². The van der Waals surface area contributed by atoms with E-state index in [2.05, 4.69) is 20.6 Å². The second-order valence-corrected chi connectivity index (χ2v) is 3.77. The Balaban J connectivity index is 2.08. The SMILES string of the molecule is O=C1CCC(Nc2ncncc2Cl)C(=O)N1. The summed E-state index contributed by atoms with van der Waals surface area (Å²) in [5, 5.41) is 5.45. The average molecular weight is 241 g/mol. The summed E-state index contributed by atoms with van der Waals surface area (Å²) in [4.78, 5) is 30.0. The molecule has 84 valence electrons. The number of rotatable bonds is 2. The minimum absolute atomic E-state index is 0.253. The van der Waals surface area contributed by atoms with Crippen LogP contribution < -0.4 is 10.6 Å². The van der Waals surface area contributed by atoms with Crippen molar-refractivity contribution >= 4 is 29.2 Å². The Morgan fingerprint density at radius 3 is 3.00 bits per heavy atom. The van der Waals surface area contributed by atoms with Crippen LogP contribution in [0.3, 0.4) is 0 Å². The molecule has 2 N–H and O–H groups in total. The molecular weight excluding hydrogens is 232 g/mol. The third-order valence-corrected chi connectivity index (χ3v) is 2.49. The molecule has 1 atom stereocenters. The Kier molecular flexibility index (Phi) is 3.00. The van der Waals surface area contributed by atoms with Gasteiger partial charge in [0.15, 0.2) is 0 Å². The van der Waals surface area contributed by atoms with Gasteiger partial charge >= 0.3 is 0 Å². The quantitative estimate of drug-likeness (QED) is 0.729. The number of aromatic nitrogens is 2. The molecule has 0 aromatic carbocycles. The summed E-state index contributed by atoms with van der Waals surface area (Å²) in [5.41, 5.74) is 0. The fourth-order valence-corrected chi connectivity index (χ4v) is 1.57. The van der Waals surface area contributed by atoms with Crippen molar-refractivity contribution in [2.24, 2.45) is 0 Å². The molecule has 0 aliphatic carbocycles. The fourth-order valence-electron chi connectivity index (χ4n) is 1.42. The summed E-state index contributed by atoms with van der Waals surface area (Å²) in [7, 11) is 0. The topological polar surface area (TPSA) is 84.0 Å². The molecule has 6 nitrogen and oxygen atoms in total. The average Bonchev–Trinajstić information content (AvgIpc) is 2.25. The lowest BCUT2D eigenvalue weighted by atomic mass is 10.1. The predicted octanol–water partition coefficient (Wildman–Crippen LogP) is 0.347. The van der Waals surface area contributed by atoms with Gasteiger partial charge in [-0.15, -0.1) is 0 Å². The molecule has 1 unspecified atom stereocenters. The van der Waals surface area contributed by atoms with E-state index in [4.69, 9.17) is 11.6 Å². The number of hydrogen-bond acceptors (Lipinski definition) is 5. The van der Waals surface area contributed by atoms with Crippen molar-refractivity contribution in [3.05, 3.63) is 17.5 Å². The fraction of sp³-hybridized carbons (Fsp3) is 0.333. The maximum atomic E-state index is 11.4. The summed E-state index contributed by atoms with van der Waals surface area (Å²) in [5.74, 6) is -0.214. The van der Waals surface area contributed by atoms with E-state index in [9.17, 15) is 9.59 Å². The highest BCUT2D eigenvalue weighted by molar-refractivity contribution is 6.32. The van der Waals surface area contributed by atoms with Crippen LogP contribution >= 0.6 is 11.6 Å². The minimum atomic E-state index is -0.481. The van der Waals surface area contributed by atoms with E-state index in [0.717, 1.165) is 0 Å². The molecule has 2 heterocycles. The van der Waals surface area contributed by atoms with Crippen molar-refractivity contribution in [1.82, 2.24) is 15.3 Å². The van der Waals surface area contributed by atoms with E-state index in [1.165, 1.54) is 12.5 Å². The third-order valence-electron chi connectivity index (χ3n) is 2.22. The van der Waals surface area contributed by atoms with Gasteiger partial charge in [-0.05, 0) is 6.42 Å². The van der Waals surface area contributed by atoms with Gasteiger partial charge in [0.05, 0.1) is 6.20 Å². The van der Waals surface area contributed by atoms with Gasteiger partial charge in [0.2, 0.25) is 11.8 Å². The maximum Gasteiger partial charge on any atom is 0.249 e. The van der Waals surface area contributed by atoms with Gasteiger partial charge in [0.25, 0.3) is 0 Å². The number of carbonyl (C=O) groups is 2. The van der Waals surface area contributed by atoms with Gasteiger partial charge in [-0.25, -0.2) is 9.97 Å². The highest BCUT2D eigenvalue weighted by Gasteiger charge is 2.26. The van der Waals surface area contributed by atoms with E-state index in [-0.39, 0.29) is 11.8 Å². The normalized spacial score (nSPS) is 20.4. The Bertz CT molecular complexity index is 437. The zero-order valence-electron chi connectivity index (χ0n) is 8.24. The first-order chi connectivity index (χ1) is 7.66. The standard InChI is InChI=1S/C9H9ClN4O2/c10-5-3-11-4-12-8(5)13-6-1-2-7(15)14-9(6)16/h3-4,6H,1-2H2,(H,11,12,13)(H,14,15,16). The van der Waals surface area contributed by atoms with Crippen LogP contribution in [0.2, 0.25) is 5.02 Å². The van der Waals surface area contributed by atoms with Gasteiger partial charge < -0.3 is 5.32 Å². The molecule has 0 radical (unpaired) electrons. The first-order valence-electron chi connectivity index (χ1n) is 4.72. The minimum Gasteiger partial charge on any atom is -0.357 e. The summed E-state index contributed by atoms with van der Waals surface area (Å²) in [6, 6.07) is -0.481. The second kappa shape index (κ2) is 4.44. The van der Waals surface area contributed by atoms with E-state index in [1.54, 1.807) is 0 Å². The Morgan fingerprint density at radius 2 is 2.31 bits per heavy atom. The predicted molar refractivity (Wildman–Crippen MR) is 56.8 cm³/mol. The van der Waals surface area contributed by atoms with Crippen molar-refractivity contribution in [2.75, 3.05) is 5.32 Å². The lowest BCUT2D eigenvalue weighted by molar-refractivity contribution is -0.133. The summed E-state index contributed by atoms with van der Waals surface area (Å²) >= 11 is 5.83. The van der Waals surface area contributed by atoms with E-state index in [1.807, 2.05) is 0 Å². The van der Waals surface area contributed by atoms with Crippen molar-refractivity contribution < 1.29 is 9.59 Å². The zero-order valence-corrected chi connectivity index (χ0v) is 8.99. The molecule has 0 saturated carbocycles. The molecule has 2 amide bonds. The van der Waals surface area contributed by atoms with Crippen LogP contribution in [0, 0.1) is 0 Å². The maximum absolute atomic E-state index is 11.4. The molecule has 1 aromatic rings. The first kappa shape index (κ1) is 10.8. The molecule has 0 spiro atoms. The first-order valence-corrected chi connectivity index (χ1v) is 5.10. The highest BCUT2D eigenvalue weighted by atomic mass is 35.5.